The summed E-state index contributed by atoms with van der Waals surface area (Å²) in [6, 6.07) is 17.9. The van der Waals surface area contributed by atoms with E-state index in [1.54, 1.807) is 50.6 Å². The molecule has 0 fully saturated rings. The molecule has 1 atom stereocenters. The van der Waals surface area contributed by atoms with Gasteiger partial charge in [0.1, 0.15) is 17.2 Å². The van der Waals surface area contributed by atoms with Crippen molar-refractivity contribution in [2.75, 3.05) is 20.8 Å². The molecule has 1 aliphatic rings. The molecule has 0 saturated heterocycles. The maximum atomic E-state index is 12.5. The Kier molecular flexibility index (Phi) is 5.89. The van der Waals surface area contributed by atoms with E-state index < -0.39 is 0 Å². The van der Waals surface area contributed by atoms with E-state index in [0.29, 0.717) is 12.0 Å². The van der Waals surface area contributed by atoms with Crippen molar-refractivity contribution in [1.82, 2.24) is 0 Å². The Morgan fingerprint density at radius 1 is 0.968 bits per heavy atom. The van der Waals surface area contributed by atoms with E-state index in [0.717, 1.165) is 33.9 Å². The molecule has 3 aromatic rings. The van der Waals surface area contributed by atoms with E-state index in [-0.39, 0.29) is 24.2 Å². The van der Waals surface area contributed by atoms with Crippen molar-refractivity contribution in [2.45, 2.75) is 12.3 Å². The number of ether oxygens (including phenoxy) is 3. The minimum atomic E-state index is -0.390. The lowest BCUT2D eigenvalue weighted by Crippen LogP contribution is -2.08. The Morgan fingerprint density at radius 2 is 1.77 bits per heavy atom. The number of carbonyl (C=O) groups is 1. The van der Waals surface area contributed by atoms with Crippen LogP contribution in [0.15, 0.2) is 65.7 Å². The Balaban J connectivity index is 1.47. The summed E-state index contributed by atoms with van der Waals surface area (Å²) < 4.78 is 16.3. The zero-order chi connectivity index (χ0) is 21.8. The number of hydrogen-bond acceptors (Lipinski definition) is 6. The van der Waals surface area contributed by atoms with Gasteiger partial charge in [-0.3, -0.25) is 4.99 Å². The number of nitrogens with zero attached hydrogens (tertiary/aromatic N) is 1. The highest BCUT2D eigenvalue weighted by molar-refractivity contribution is 5.93. The molecule has 0 radical (unpaired) electrons. The fourth-order valence-electron chi connectivity index (χ4n) is 3.62. The van der Waals surface area contributed by atoms with Gasteiger partial charge in [0.15, 0.2) is 0 Å². The van der Waals surface area contributed by atoms with Crippen molar-refractivity contribution < 1.29 is 24.1 Å². The van der Waals surface area contributed by atoms with Crippen molar-refractivity contribution in [2.24, 2.45) is 4.99 Å². The molecule has 1 heterocycles. The standard InChI is InChI=1S/C25H23NO5/c1-29-19-8-10-24(30-2)21(14-19)22-15-26-23-13-17(5-9-20(22)23)25(28)31-12-11-16-3-6-18(27)7-4-16/h3-10,13-15,22,27H,11-12H2,1-2H3. The third-order valence-electron chi connectivity index (χ3n) is 5.30. The van der Waals surface area contributed by atoms with Crippen LogP contribution in [0.4, 0.5) is 5.69 Å². The van der Waals surface area contributed by atoms with Crippen LogP contribution in [-0.4, -0.2) is 38.1 Å². The van der Waals surface area contributed by atoms with Crippen LogP contribution in [-0.2, 0) is 11.2 Å². The maximum Gasteiger partial charge on any atom is 0.338 e. The third kappa shape index (κ3) is 4.38. The summed E-state index contributed by atoms with van der Waals surface area (Å²) in [6.45, 7) is 0.258. The smallest absolute Gasteiger partial charge is 0.338 e. The SMILES string of the molecule is COc1ccc(OC)c(C2C=Nc3cc(C(=O)OCCc4ccc(O)cc4)ccc32)c1. The molecule has 0 aromatic heterocycles. The highest BCUT2D eigenvalue weighted by atomic mass is 16.5. The number of phenolic OH excluding ortho intramolecular Hbond substituents is 1. The molecular weight excluding hydrogens is 394 g/mol. The number of hydrogen-bond donors (Lipinski definition) is 1. The molecule has 0 spiro atoms. The van der Waals surface area contributed by atoms with Gasteiger partial charge in [-0.05, 0) is 53.6 Å². The molecular formula is C25H23NO5. The monoisotopic (exact) mass is 417 g/mol. The number of phenols is 1. The molecule has 1 unspecified atom stereocenters. The van der Waals surface area contributed by atoms with Crippen LogP contribution >= 0.6 is 0 Å². The summed E-state index contributed by atoms with van der Waals surface area (Å²) in [5.41, 5.74) is 4.13. The van der Waals surface area contributed by atoms with Crippen molar-refractivity contribution in [3.63, 3.8) is 0 Å². The number of esters is 1. The van der Waals surface area contributed by atoms with E-state index in [1.807, 2.05) is 30.5 Å². The topological polar surface area (TPSA) is 77.4 Å². The van der Waals surface area contributed by atoms with E-state index in [1.165, 1.54) is 0 Å². The van der Waals surface area contributed by atoms with Gasteiger partial charge < -0.3 is 19.3 Å². The number of methoxy groups -OCH3 is 2. The Morgan fingerprint density at radius 3 is 2.52 bits per heavy atom. The fraction of sp³-hybridized carbons (Fsp3) is 0.200. The van der Waals surface area contributed by atoms with E-state index >= 15 is 0 Å². The number of aliphatic imine (C=N–C) groups is 1. The number of rotatable bonds is 7. The first-order valence-electron chi connectivity index (χ1n) is 9.94. The van der Waals surface area contributed by atoms with Crippen LogP contribution in [0.3, 0.4) is 0 Å². The molecule has 158 valence electrons. The number of benzene rings is 3. The Labute approximate surface area is 180 Å². The molecule has 1 N–H and O–H groups in total. The lowest BCUT2D eigenvalue weighted by Gasteiger charge is -2.16. The molecule has 1 aliphatic heterocycles. The van der Waals surface area contributed by atoms with Crippen molar-refractivity contribution >= 4 is 17.9 Å². The fourth-order valence-corrected chi connectivity index (χ4v) is 3.62. The van der Waals surface area contributed by atoms with Crippen LogP contribution in [0, 0.1) is 0 Å². The molecule has 0 amide bonds. The van der Waals surface area contributed by atoms with Gasteiger partial charge in [0.2, 0.25) is 0 Å². The lowest BCUT2D eigenvalue weighted by molar-refractivity contribution is 0.0509. The first kappa shape index (κ1) is 20.5. The summed E-state index contributed by atoms with van der Waals surface area (Å²) in [5, 5.41) is 9.33. The van der Waals surface area contributed by atoms with Gasteiger partial charge in [0.25, 0.3) is 0 Å². The average Bonchev–Trinajstić information content (AvgIpc) is 3.23. The minimum absolute atomic E-state index is 0.0837. The Bertz CT molecular complexity index is 1120. The highest BCUT2D eigenvalue weighted by Crippen LogP contribution is 2.41. The van der Waals surface area contributed by atoms with Crippen LogP contribution in [0.1, 0.15) is 33.0 Å². The summed E-state index contributed by atoms with van der Waals surface area (Å²) in [7, 11) is 3.26. The number of carbonyl (C=O) groups excluding carboxylic acids is 1. The van der Waals surface area contributed by atoms with Gasteiger partial charge >= 0.3 is 5.97 Å². The first-order chi connectivity index (χ1) is 15.1. The van der Waals surface area contributed by atoms with Crippen molar-refractivity contribution in [3.05, 3.63) is 82.9 Å². The van der Waals surface area contributed by atoms with Gasteiger partial charge in [0.05, 0.1) is 38.0 Å². The summed E-state index contributed by atoms with van der Waals surface area (Å²) in [4.78, 5) is 17.0. The van der Waals surface area contributed by atoms with E-state index in [9.17, 15) is 9.90 Å². The minimum Gasteiger partial charge on any atom is -0.508 e. The second-order valence-corrected chi connectivity index (χ2v) is 7.19. The van der Waals surface area contributed by atoms with Crippen LogP contribution < -0.4 is 9.47 Å². The van der Waals surface area contributed by atoms with Crippen LogP contribution in [0.25, 0.3) is 0 Å². The quantitative estimate of drug-likeness (QED) is 0.566. The van der Waals surface area contributed by atoms with E-state index in [4.69, 9.17) is 14.2 Å². The largest absolute Gasteiger partial charge is 0.508 e. The van der Waals surface area contributed by atoms with Gasteiger partial charge in [-0.25, -0.2) is 4.79 Å². The Hall–Kier alpha value is -3.80. The van der Waals surface area contributed by atoms with Gasteiger partial charge in [-0.1, -0.05) is 18.2 Å². The number of aromatic hydroxyl groups is 1. The predicted molar refractivity (Wildman–Crippen MR) is 118 cm³/mol. The molecule has 6 heteroatoms. The molecule has 0 saturated carbocycles. The molecule has 31 heavy (non-hydrogen) atoms. The summed E-state index contributed by atoms with van der Waals surface area (Å²) in [5.74, 6) is 1.23. The summed E-state index contributed by atoms with van der Waals surface area (Å²) >= 11 is 0. The molecule has 0 bridgehead atoms. The number of fused-ring (bicyclic) bond motifs is 1. The molecule has 6 nitrogen and oxygen atoms in total. The summed E-state index contributed by atoms with van der Waals surface area (Å²) in [6.07, 6.45) is 2.43. The molecule has 0 aliphatic carbocycles. The van der Waals surface area contributed by atoms with Crippen molar-refractivity contribution in [3.8, 4) is 17.2 Å². The second kappa shape index (κ2) is 8.92. The highest BCUT2D eigenvalue weighted by Gasteiger charge is 2.25. The van der Waals surface area contributed by atoms with E-state index in [2.05, 4.69) is 4.99 Å². The zero-order valence-electron chi connectivity index (χ0n) is 17.4. The average molecular weight is 417 g/mol. The van der Waals surface area contributed by atoms with Gasteiger partial charge in [0, 0.05) is 18.2 Å². The molecule has 4 rings (SSSR count). The second-order valence-electron chi connectivity index (χ2n) is 7.19. The predicted octanol–water partition coefficient (Wildman–Crippen LogP) is 4.66. The van der Waals surface area contributed by atoms with Crippen molar-refractivity contribution in [1.29, 1.82) is 0 Å². The normalized spacial score (nSPS) is 14.2. The maximum absolute atomic E-state index is 12.5. The van der Waals surface area contributed by atoms with Crippen LogP contribution in [0.5, 0.6) is 17.2 Å². The zero-order valence-corrected chi connectivity index (χ0v) is 17.4. The lowest BCUT2D eigenvalue weighted by atomic mass is 9.91. The third-order valence-corrected chi connectivity index (χ3v) is 5.30. The van der Waals surface area contributed by atoms with Gasteiger partial charge in [-0.2, -0.15) is 0 Å². The first-order valence-corrected chi connectivity index (χ1v) is 9.94. The van der Waals surface area contributed by atoms with Crippen LogP contribution in [0.2, 0.25) is 0 Å². The molecule has 3 aromatic carbocycles. The van der Waals surface area contributed by atoms with Gasteiger partial charge in [-0.15, -0.1) is 0 Å².